The summed E-state index contributed by atoms with van der Waals surface area (Å²) >= 11 is 5.83. The Morgan fingerprint density at radius 1 is 1.46 bits per heavy atom. The quantitative estimate of drug-likeness (QED) is 0.648. The molecule has 0 amide bonds. The van der Waals surface area contributed by atoms with Gasteiger partial charge in [-0.1, -0.05) is 11.6 Å². The van der Waals surface area contributed by atoms with E-state index in [-0.39, 0.29) is 0 Å². The molecule has 0 aliphatic heterocycles. The Kier molecular flexibility index (Phi) is 1.84. The molecule has 0 radical (unpaired) electrons. The van der Waals surface area contributed by atoms with E-state index in [1.165, 1.54) is 0 Å². The Morgan fingerprint density at radius 2 is 2.23 bits per heavy atom. The number of fused-ring (bicyclic) bond motifs is 1. The van der Waals surface area contributed by atoms with Crippen molar-refractivity contribution in [2.75, 3.05) is 19.0 Å². The molecule has 0 fully saturated rings. The lowest BCUT2D eigenvalue weighted by atomic mass is 10.5. The molecule has 0 saturated carbocycles. The zero-order valence-electron chi connectivity index (χ0n) is 7.40. The van der Waals surface area contributed by atoms with E-state index in [1.54, 1.807) is 12.3 Å². The molecule has 2 heterocycles. The predicted molar refractivity (Wildman–Crippen MR) is 52.3 cm³/mol. The van der Waals surface area contributed by atoms with E-state index >= 15 is 0 Å². The molecule has 0 spiro atoms. The summed E-state index contributed by atoms with van der Waals surface area (Å²) in [5.41, 5.74) is 0. The van der Waals surface area contributed by atoms with Gasteiger partial charge in [0, 0.05) is 32.6 Å². The molecule has 2 rings (SSSR count). The summed E-state index contributed by atoms with van der Waals surface area (Å²) in [6.07, 6.45) is 3.56. The van der Waals surface area contributed by atoms with Crippen LogP contribution in [-0.2, 0) is 0 Å². The Labute approximate surface area is 80.8 Å². The Balaban J connectivity index is 2.77. The zero-order chi connectivity index (χ0) is 9.42. The van der Waals surface area contributed by atoms with Crippen LogP contribution >= 0.6 is 11.6 Å². The SMILES string of the molecule is CN(C)c1cc(Cl)nc2nccn12. The third-order valence-corrected chi connectivity index (χ3v) is 1.97. The summed E-state index contributed by atoms with van der Waals surface area (Å²) in [7, 11) is 3.90. The minimum absolute atomic E-state index is 0.461. The summed E-state index contributed by atoms with van der Waals surface area (Å²) in [5, 5.41) is 0.461. The molecule has 2 aromatic rings. The Bertz CT molecular complexity index is 435. The highest BCUT2D eigenvalue weighted by atomic mass is 35.5. The molecule has 68 valence electrons. The van der Waals surface area contributed by atoms with Crippen LogP contribution in [0.1, 0.15) is 0 Å². The maximum absolute atomic E-state index is 5.83. The van der Waals surface area contributed by atoms with Crippen molar-refractivity contribution in [3.8, 4) is 0 Å². The average Bonchev–Trinajstić information content (AvgIpc) is 2.49. The molecular weight excluding hydrogens is 188 g/mol. The van der Waals surface area contributed by atoms with Gasteiger partial charge < -0.3 is 4.90 Å². The van der Waals surface area contributed by atoms with Gasteiger partial charge in [0.25, 0.3) is 0 Å². The van der Waals surface area contributed by atoms with Crippen molar-refractivity contribution >= 4 is 23.2 Å². The van der Waals surface area contributed by atoms with Crippen molar-refractivity contribution in [1.82, 2.24) is 14.4 Å². The van der Waals surface area contributed by atoms with Crippen molar-refractivity contribution < 1.29 is 0 Å². The van der Waals surface area contributed by atoms with E-state index in [1.807, 2.05) is 29.6 Å². The van der Waals surface area contributed by atoms with Gasteiger partial charge >= 0.3 is 0 Å². The number of hydrogen-bond donors (Lipinski definition) is 0. The van der Waals surface area contributed by atoms with Gasteiger partial charge in [-0.2, -0.15) is 0 Å². The highest BCUT2D eigenvalue weighted by Crippen LogP contribution is 2.17. The summed E-state index contributed by atoms with van der Waals surface area (Å²) in [6, 6.07) is 1.80. The standard InChI is InChI=1S/C8H9ClN4/c1-12(2)7-5-6(9)11-8-10-3-4-13(7)8/h3-5H,1-2H3. The van der Waals surface area contributed by atoms with Crippen LogP contribution in [0.3, 0.4) is 0 Å². The second-order valence-corrected chi connectivity index (χ2v) is 3.32. The van der Waals surface area contributed by atoms with Crippen LogP contribution in [-0.4, -0.2) is 28.5 Å². The second kappa shape index (κ2) is 2.88. The number of anilines is 1. The number of aromatic nitrogens is 3. The predicted octanol–water partition coefficient (Wildman–Crippen LogP) is 1.45. The van der Waals surface area contributed by atoms with E-state index in [4.69, 9.17) is 11.6 Å². The first-order chi connectivity index (χ1) is 6.18. The van der Waals surface area contributed by atoms with Crippen LogP contribution < -0.4 is 4.90 Å². The molecule has 0 aliphatic rings. The van der Waals surface area contributed by atoms with Gasteiger partial charge in [-0.3, -0.25) is 4.40 Å². The fourth-order valence-electron chi connectivity index (χ4n) is 1.21. The molecule has 0 unspecified atom stereocenters. The first kappa shape index (κ1) is 8.31. The van der Waals surface area contributed by atoms with Crippen LogP contribution in [0.25, 0.3) is 5.78 Å². The van der Waals surface area contributed by atoms with Gasteiger partial charge in [0.1, 0.15) is 11.0 Å². The first-order valence-corrected chi connectivity index (χ1v) is 4.23. The van der Waals surface area contributed by atoms with Gasteiger partial charge in [0.05, 0.1) is 0 Å². The number of imidazole rings is 1. The third kappa shape index (κ3) is 1.33. The van der Waals surface area contributed by atoms with Crippen molar-refractivity contribution in [2.24, 2.45) is 0 Å². The summed E-state index contributed by atoms with van der Waals surface area (Å²) in [5.74, 6) is 1.59. The molecular formula is C8H9ClN4. The minimum Gasteiger partial charge on any atom is -0.364 e. The lowest BCUT2D eigenvalue weighted by Crippen LogP contribution is -2.13. The summed E-state index contributed by atoms with van der Waals surface area (Å²) < 4.78 is 1.88. The molecule has 0 aromatic carbocycles. The van der Waals surface area contributed by atoms with Crippen molar-refractivity contribution in [2.45, 2.75) is 0 Å². The second-order valence-electron chi connectivity index (χ2n) is 2.93. The molecule has 0 aliphatic carbocycles. The maximum atomic E-state index is 5.83. The lowest BCUT2D eigenvalue weighted by molar-refractivity contribution is 1.00. The molecule has 0 N–H and O–H groups in total. The van der Waals surface area contributed by atoms with Crippen LogP contribution in [0.5, 0.6) is 0 Å². The fraction of sp³-hybridized carbons (Fsp3) is 0.250. The van der Waals surface area contributed by atoms with Crippen molar-refractivity contribution in [3.05, 3.63) is 23.6 Å². The van der Waals surface area contributed by atoms with E-state index in [9.17, 15) is 0 Å². The first-order valence-electron chi connectivity index (χ1n) is 3.85. The van der Waals surface area contributed by atoms with Crippen LogP contribution in [0.2, 0.25) is 5.15 Å². The van der Waals surface area contributed by atoms with Gasteiger partial charge in [-0.05, 0) is 0 Å². The van der Waals surface area contributed by atoms with Gasteiger partial charge in [-0.25, -0.2) is 9.97 Å². The van der Waals surface area contributed by atoms with Crippen LogP contribution in [0.4, 0.5) is 5.82 Å². The molecule has 0 atom stereocenters. The minimum atomic E-state index is 0.461. The largest absolute Gasteiger partial charge is 0.364 e. The zero-order valence-corrected chi connectivity index (χ0v) is 8.15. The normalized spacial score (nSPS) is 10.7. The molecule has 0 saturated heterocycles. The van der Waals surface area contributed by atoms with Gasteiger partial charge in [-0.15, -0.1) is 0 Å². The smallest absolute Gasteiger partial charge is 0.236 e. The Morgan fingerprint density at radius 3 is 2.92 bits per heavy atom. The van der Waals surface area contributed by atoms with Crippen LogP contribution in [0, 0.1) is 0 Å². The summed E-state index contributed by atoms with van der Waals surface area (Å²) in [4.78, 5) is 10.1. The Hall–Kier alpha value is -1.29. The topological polar surface area (TPSA) is 33.4 Å². The maximum Gasteiger partial charge on any atom is 0.236 e. The number of nitrogens with zero attached hydrogens (tertiary/aromatic N) is 4. The van der Waals surface area contributed by atoms with Gasteiger partial charge in [0.2, 0.25) is 5.78 Å². The van der Waals surface area contributed by atoms with E-state index in [0.717, 1.165) is 5.82 Å². The molecule has 5 heteroatoms. The van der Waals surface area contributed by atoms with E-state index in [2.05, 4.69) is 9.97 Å². The highest BCUT2D eigenvalue weighted by Gasteiger charge is 2.05. The van der Waals surface area contributed by atoms with E-state index in [0.29, 0.717) is 10.9 Å². The van der Waals surface area contributed by atoms with E-state index < -0.39 is 0 Å². The molecule has 0 bridgehead atoms. The highest BCUT2D eigenvalue weighted by molar-refractivity contribution is 6.29. The molecule has 2 aromatic heterocycles. The fourth-order valence-corrected chi connectivity index (χ4v) is 1.38. The molecule has 4 nitrogen and oxygen atoms in total. The number of hydrogen-bond acceptors (Lipinski definition) is 3. The van der Waals surface area contributed by atoms with Gasteiger partial charge in [0.15, 0.2) is 0 Å². The number of halogens is 1. The monoisotopic (exact) mass is 196 g/mol. The molecule has 13 heavy (non-hydrogen) atoms. The third-order valence-electron chi connectivity index (χ3n) is 1.78. The van der Waals surface area contributed by atoms with Crippen molar-refractivity contribution in [3.63, 3.8) is 0 Å². The number of rotatable bonds is 1. The average molecular weight is 197 g/mol. The lowest BCUT2D eigenvalue weighted by Gasteiger charge is -2.13. The van der Waals surface area contributed by atoms with Crippen LogP contribution in [0.15, 0.2) is 18.5 Å². The summed E-state index contributed by atoms with van der Waals surface area (Å²) in [6.45, 7) is 0. The van der Waals surface area contributed by atoms with Crippen molar-refractivity contribution in [1.29, 1.82) is 0 Å².